The summed E-state index contributed by atoms with van der Waals surface area (Å²) in [6, 6.07) is 5.79. The zero-order valence-corrected chi connectivity index (χ0v) is 17.5. The van der Waals surface area contributed by atoms with Crippen LogP contribution in [0.2, 0.25) is 0 Å². The van der Waals surface area contributed by atoms with Crippen molar-refractivity contribution in [1.82, 2.24) is 4.90 Å². The Morgan fingerprint density at radius 3 is 2.50 bits per heavy atom. The number of primary amides is 1. The standard InChI is InChI=1S/C21H24FN3O4S/c1-2-29-21(28)18-16(13-3-5-15(22)6-4-13)12-30-20(18)24-17(26)11-25-9-7-14(8-10-25)19(23)27/h3-6,12,14H,2,7-11H2,1H3,(H2,23,27)(H,24,26). The molecule has 7 nitrogen and oxygen atoms in total. The summed E-state index contributed by atoms with van der Waals surface area (Å²) in [6.45, 7) is 3.26. The average molecular weight is 434 g/mol. The van der Waals surface area contributed by atoms with E-state index in [1.165, 1.54) is 23.5 Å². The Labute approximate surface area is 178 Å². The molecule has 3 rings (SSSR count). The van der Waals surface area contributed by atoms with Crippen molar-refractivity contribution in [3.05, 3.63) is 41.0 Å². The molecule has 0 spiro atoms. The molecule has 1 saturated heterocycles. The van der Waals surface area contributed by atoms with Gasteiger partial charge in [0.15, 0.2) is 0 Å². The molecule has 1 aromatic heterocycles. The van der Waals surface area contributed by atoms with Crippen LogP contribution in [-0.2, 0) is 14.3 Å². The summed E-state index contributed by atoms with van der Waals surface area (Å²) in [5, 5.41) is 4.94. The van der Waals surface area contributed by atoms with Crippen molar-refractivity contribution in [3.63, 3.8) is 0 Å². The molecule has 2 amide bonds. The van der Waals surface area contributed by atoms with E-state index in [-0.39, 0.29) is 42.3 Å². The van der Waals surface area contributed by atoms with Crippen LogP contribution in [0.4, 0.5) is 9.39 Å². The molecule has 9 heteroatoms. The number of thiophene rings is 1. The zero-order chi connectivity index (χ0) is 21.7. The van der Waals surface area contributed by atoms with E-state index in [2.05, 4.69) is 5.32 Å². The van der Waals surface area contributed by atoms with Crippen LogP contribution >= 0.6 is 11.3 Å². The Balaban J connectivity index is 1.73. The first-order valence-electron chi connectivity index (χ1n) is 9.75. The van der Waals surface area contributed by atoms with Gasteiger partial charge in [-0.1, -0.05) is 12.1 Å². The van der Waals surface area contributed by atoms with Crippen LogP contribution in [0.25, 0.3) is 11.1 Å². The monoisotopic (exact) mass is 433 g/mol. The number of piperidine rings is 1. The lowest BCUT2D eigenvalue weighted by atomic mass is 9.96. The normalized spacial score (nSPS) is 15.0. The number of hydrogen-bond acceptors (Lipinski definition) is 6. The predicted molar refractivity (Wildman–Crippen MR) is 113 cm³/mol. The molecule has 30 heavy (non-hydrogen) atoms. The molecule has 0 radical (unpaired) electrons. The summed E-state index contributed by atoms with van der Waals surface area (Å²) in [5.74, 6) is -1.62. The van der Waals surface area contributed by atoms with Crippen molar-refractivity contribution in [2.24, 2.45) is 11.7 Å². The number of anilines is 1. The lowest BCUT2D eigenvalue weighted by Crippen LogP contribution is -2.42. The molecular weight excluding hydrogens is 409 g/mol. The molecule has 1 fully saturated rings. The molecule has 1 aliphatic rings. The van der Waals surface area contributed by atoms with E-state index >= 15 is 0 Å². The minimum atomic E-state index is -0.546. The maximum atomic E-state index is 13.3. The molecule has 2 aromatic rings. The summed E-state index contributed by atoms with van der Waals surface area (Å²) in [7, 11) is 0. The van der Waals surface area contributed by atoms with Gasteiger partial charge in [0.2, 0.25) is 11.8 Å². The highest BCUT2D eigenvalue weighted by atomic mass is 32.1. The van der Waals surface area contributed by atoms with E-state index < -0.39 is 5.97 Å². The maximum Gasteiger partial charge on any atom is 0.341 e. The summed E-state index contributed by atoms with van der Waals surface area (Å²) < 4.78 is 18.4. The highest BCUT2D eigenvalue weighted by Gasteiger charge is 2.26. The topological polar surface area (TPSA) is 102 Å². The fourth-order valence-electron chi connectivity index (χ4n) is 3.44. The van der Waals surface area contributed by atoms with Gasteiger partial charge in [-0.2, -0.15) is 0 Å². The Morgan fingerprint density at radius 2 is 1.90 bits per heavy atom. The van der Waals surface area contributed by atoms with Gasteiger partial charge >= 0.3 is 5.97 Å². The molecule has 160 valence electrons. The molecular formula is C21H24FN3O4S. The number of nitrogens with zero attached hydrogens (tertiary/aromatic N) is 1. The van der Waals surface area contributed by atoms with Gasteiger partial charge in [0.25, 0.3) is 0 Å². The number of amides is 2. The van der Waals surface area contributed by atoms with Gasteiger partial charge in [-0.15, -0.1) is 11.3 Å². The number of rotatable bonds is 7. The van der Waals surface area contributed by atoms with E-state index in [9.17, 15) is 18.8 Å². The van der Waals surface area contributed by atoms with Gasteiger partial charge in [0, 0.05) is 16.9 Å². The minimum Gasteiger partial charge on any atom is -0.462 e. The van der Waals surface area contributed by atoms with E-state index in [0.717, 1.165) is 0 Å². The molecule has 0 unspecified atom stereocenters. The Bertz CT molecular complexity index is 921. The smallest absolute Gasteiger partial charge is 0.341 e. The fraction of sp³-hybridized carbons (Fsp3) is 0.381. The molecule has 0 aliphatic carbocycles. The Kier molecular flexibility index (Phi) is 7.17. The van der Waals surface area contributed by atoms with Crippen LogP contribution < -0.4 is 11.1 Å². The first kappa shape index (κ1) is 21.9. The van der Waals surface area contributed by atoms with Gasteiger partial charge in [0.1, 0.15) is 16.4 Å². The molecule has 1 aromatic carbocycles. The molecule has 0 atom stereocenters. The maximum absolute atomic E-state index is 13.3. The number of carbonyl (C=O) groups is 3. The summed E-state index contributed by atoms with van der Waals surface area (Å²) >= 11 is 1.22. The largest absolute Gasteiger partial charge is 0.462 e. The molecule has 1 aliphatic heterocycles. The second-order valence-electron chi connectivity index (χ2n) is 7.08. The number of ether oxygens (including phenoxy) is 1. The van der Waals surface area contributed by atoms with E-state index in [0.29, 0.717) is 42.1 Å². The second kappa shape index (κ2) is 9.82. The number of nitrogens with two attached hydrogens (primary N) is 1. The van der Waals surface area contributed by atoms with Crippen molar-refractivity contribution in [1.29, 1.82) is 0 Å². The summed E-state index contributed by atoms with van der Waals surface area (Å²) in [4.78, 5) is 38.4. The van der Waals surface area contributed by atoms with E-state index in [1.807, 2.05) is 4.90 Å². The third-order valence-corrected chi connectivity index (χ3v) is 5.93. The van der Waals surface area contributed by atoms with Crippen LogP contribution in [-0.4, -0.2) is 48.9 Å². The SMILES string of the molecule is CCOC(=O)c1c(-c2ccc(F)cc2)csc1NC(=O)CN1CCC(C(N)=O)CC1. The minimum absolute atomic E-state index is 0.143. The quantitative estimate of drug-likeness (QED) is 0.654. The molecule has 0 saturated carbocycles. The number of hydrogen-bond donors (Lipinski definition) is 2. The number of likely N-dealkylation sites (tertiary alicyclic amines) is 1. The Morgan fingerprint density at radius 1 is 1.23 bits per heavy atom. The van der Waals surface area contributed by atoms with E-state index in [1.54, 1.807) is 24.4 Å². The first-order valence-corrected chi connectivity index (χ1v) is 10.6. The van der Waals surface area contributed by atoms with Crippen LogP contribution in [0.15, 0.2) is 29.6 Å². The van der Waals surface area contributed by atoms with Gasteiger partial charge < -0.3 is 15.8 Å². The van der Waals surface area contributed by atoms with Gasteiger partial charge in [0.05, 0.1) is 13.2 Å². The van der Waals surface area contributed by atoms with Gasteiger partial charge in [-0.05, 0) is 50.6 Å². The second-order valence-corrected chi connectivity index (χ2v) is 7.96. The van der Waals surface area contributed by atoms with Gasteiger partial charge in [-0.3, -0.25) is 14.5 Å². The lowest BCUT2D eigenvalue weighted by Gasteiger charge is -2.29. The fourth-order valence-corrected chi connectivity index (χ4v) is 4.42. The third-order valence-electron chi connectivity index (χ3n) is 5.04. The number of halogens is 1. The van der Waals surface area contributed by atoms with Crippen molar-refractivity contribution < 1.29 is 23.5 Å². The molecule has 3 N–H and O–H groups in total. The summed E-state index contributed by atoms with van der Waals surface area (Å²) in [6.07, 6.45) is 1.26. The van der Waals surface area contributed by atoms with Crippen molar-refractivity contribution in [2.75, 3.05) is 31.6 Å². The average Bonchev–Trinajstić information content (AvgIpc) is 3.12. The highest BCUT2D eigenvalue weighted by molar-refractivity contribution is 7.15. The van der Waals surface area contributed by atoms with Crippen molar-refractivity contribution >= 4 is 34.1 Å². The van der Waals surface area contributed by atoms with Crippen LogP contribution in [0, 0.1) is 11.7 Å². The van der Waals surface area contributed by atoms with E-state index in [4.69, 9.17) is 10.5 Å². The van der Waals surface area contributed by atoms with Gasteiger partial charge in [-0.25, -0.2) is 9.18 Å². The first-order chi connectivity index (χ1) is 14.4. The van der Waals surface area contributed by atoms with Crippen molar-refractivity contribution in [3.8, 4) is 11.1 Å². The predicted octanol–water partition coefficient (Wildman–Crippen LogP) is 2.87. The number of esters is 1. The third kappa shape index (κ3) is 5.22. The highest BCUT2D eigenvalue weighted by Crippen LogP contribution is 2.36. The number of carbonyl (C=O) groups excluding carboxylic acids is 3. The van der Waals surface area contributed by atoms with Crippen LogP contribution in [0.1, 0.15) is 30.1 Å². The summed E-state index contributed by atoms with van der Waals surface area (Å²) in [5.41, 5.74) is 6.84. The number of nitrogens with one attached hydrogen (secondary N) is 1. The number of benzene rings is 1. The lowest BCUT2D eigenvalue weighted by molar-refractivity contribution is -0.123. The van der Waals surface area contributed by atoms with Crippen LogP contribution in [0.5, 0.6) is 0 Å². The van der Waals surface area contributed by atoms with Crippen LogP contribution in [0.3, 0.4) is 0 Å². The molecule has 0 bridgehead atoms. The Hall–Kier alpha value is -2.78. The van der Waals surface area contributed by atoms with Crippen molar-refractivity contribution in [2.45, 2.75) is 19.8 Å². The molecule has 2 heterocycles. The zero-order valence-electron chi connectivity index (χ0n) is 16.7.